The third-order valence-electron chi connectivity index (χ3n) is 7.52. The van der Waals surface area contributed by atoms with Crippen molar-refractivity contribution in [3.8, 4) is 34.4 Å². The van der Waals surface area contributed by atoms with Crippen molar-refractivity contribution in [3.05, 3.63) is 114 Å². The summed E-state index contributed by atoms with van der Waals surface area (Å²) in [6.45, 7) is 0. The van der Waals surface area contributed by atoms with Gasteiger partial charge < -0.3 is 19.3 Å². The highest BCUT2D eigenvalue weighted by atomic mass is 16.5. The van der Waals surface area contributed by atoms with Gasteiger partial charge in [0.25, 0.3) is 0 Å². The van der Waals surface area contributed by atoms with Crippen LogP contribution < -0.4 is 14.2 Å². The molecule has 200 valence electrons. The molecule has 0 bridgehead atoms. The van der Waals surface area contributed by atoms with E-state index in [4.69, 9.17) is 19.5 Å². The summed E-state index contributed by atoms with van der Waals surface area (Å²) in [7, 11) is 3.04. The highest BCUT2D eigenvalue weighted by Gasteiger charge is 2.60. The smallest absolute Gasteiger partial charge is 0.315 e. The van der Waals surface area contributed by atoms with Gasteiger partial charge in [-0.1, -0.05) is 66.7 Å². The van der Waals surface area contributed by atoms with Gasteiger partial charge in [0.2, 0.25) is 0 Å². The van der Waals surface area contributed by atoms with Crippen LogP contribution in [0.3, 0.4) is 0 Å². The number of carbonyl (C=O) groups is 2. The molecular weight excluding hydrogens is 506 g/mol. The van der Waals surface area contributed by atoms with Crippen molar-refractivity contribution in [1.29, 1.82) is 5.26 Å². The van der Waals surface area contributed by atoms with Crippen LogP contribution in [-0.4, -0.2) is 31.3 Å². The molecule has 0 spiro atoms. The summed E-state index contributed by atoms with van der Waals surface area (Å²) in [5, 5.41) is 19.6. The number of nitriles is 1. The van der Waals surface area contributed by atoms with Crippen LogP contribution in [0.1, 0.15) is 28.5 Å². The largest absolute Gasteiger partial charge is 0.496 e. The number of aliphatic carboxylic acids is 1. The predicted octanol–water partition coefficient (Wildman–Crippen LogP) is 6.05. The summed E-state index contributed by atoms with van der Waals surface area (Å²) in [5.74, 6) is -3.35. The zero-order chi connectivity index (χ0) is 28.2. The Morgan fingerprint density at radius 3 is 1.70 bits per heavy atom. The van der Waals surface area contributed by atoms with Crippen LogP contribution in [-0.2, 0) is 9.59 Å². The maximum Gasteiger partial charge on any atom is 0.315 e. The Morgan fingerprint density at radius 1 is 0.700 bits per heavy atom. The Balaban J connectivity index is 1.59. The first-order valence-electron chi connectivity index (χ1n) is 12.8. The van der Waals surface area contributed by atoms with Crippen molar-refractivity contribution in [3.63, 3.8) is 0 Å². The Morgan fingerprint density at radius 2 is 1.20 bits per heavy atom. The second-order valence-electron chi connectivity index (χ2n) is 9.53. The van der Waals surface area contributed by atoms with Crippen LogP contribution in [0.15, 0.2) is 97.1 Å². The lowest BCUT2D eigenvalue weighted by atomic mass is 9.52. The number of esters is 1. The van der Waals surface area contributed by atoms with E-state index in [-0.39, 0.29) is 0 Å². The maximum absolute atomic E-state index is 14.1. The van der Waals surface area contributed by atoms with Gasteiger partial charge in [-0.05, 0) is 47.0 Å². The molecule has 0 heterocycles. The van der Waals surface area contributed by atoms with E-state index in [0.717, 1.165) is 5.56 Å². The molecule has 0 unspecified atom stereocenters. The van der Waals surface area contributed by atoms with Crippen LogP contribution in [0.2, 0.25) is 0 Å². The second kappa shape index (κ2) is 11.3. The number of benzene rings is 4. The highest BCUT2D eigenvalue weighted by molar-refractivity contribution is 5.87. The maximum atomic E-state index is 14.1. The first-order valence-corrected chi connectivity index (χ1v) is 12.8. The van der Waals surface area contributed by atoms with Gasteiger partial charge in [-0.15, -0.1) is 0 Å². The van der Waals surface area contributed by atoms with Crippen molar-refractivity contribution >= 4 is 11.9 Å². The van der Waals surface area contributed by atoms with Gasteiger partial charge in [0, 0.05) is 17.4 Å². The third kappa shape index (κ3) is 4.76. The minimum Gasteiger partial charge on any atom is -0.496 e. The fourth-order valence-electron chi connectivity index (χ4n) is 5.70. The number of nitrogens with zero attached hydrogens (tertiary/aromatic N) is 1. The van der Waals surface area contributed by atoms with E-state index in [9.17, 15) is 14.7 Å². The van der Waals surface area contributed by atoms with Crippen LogP contribution in [0.4, 0.5) is 0 Å². The van der Waals surface area contributed by atoms with E-state index in [1.54, 1.807) is 84.9 Å². The van der Waals surface area contributed by atoms with Crippen LogP contribution >= 0.6 is 0 Å². The number of carboxylic acids is 1. The molecule has 7 nitrogen and oxygen atoms in total. The molecule has 0 amide bonds. The molecule has 1 aliphatic carbocycles. The molecular formula is C33H27NO6. The van der Waals surface area contributed by atoms with Gasteiger partial charge in [-0.25, -0.2) is 0 Å². The Labute approximate surface area is 232 Å². The number of ether oxygens (including phenoxy) is 3. The summed E-state index contributed by atoms with van der Waals surface area (Å²) in [4.78, 5) is 26.8. The molecule has 2 atom stereocenters. The molecule has 0 aromatic heterocycles. The molecule has 0 radical (unpaired) electrons. The molecule has 7 heteroatoms. The lowest BCUT2D eigenvalue weighted by Gasteiger charge is -2.49. The summed E-state index contributed by atoms with van der Waals surface area (Å²) >= 11 is 0. The summed E-state index contributed by atoms with van der Waals surface area (Å²) in [6.07, 6.45) is 0. The van der Waals surface area contributed by atoms with Crippen LogP contribution in [0.5, 0.6) is 17.2 Å². The third-order valence-corrected chi connectivity index (χ3v) is 7.52. The van der Waals surface area contributed by atoms with Gasteiger partial charge in [-0.3, -0.25) is 9.59 Å². The Bertz CT molecular complexity index is 1530. The number of hydrogen-bond acceptors (Lipinski definition) is 6. The topological polar surface area (TPSA) is 106 Å². The first kappa shape index (κ1) is 26.5. The second-order valence-corrected chi connectivity index (χ2v) is 9.53. The molecule has 4 aromatic rings. The van der Waals surface area contributed by atoms with Crippen molar-refractivity contribution in [1.82, 2.24) is 0 Å². The van der Waals surface area contributed by atoms with Crippen molar-refractivity contribution in [2.45, 2.75) is 11.8 Å². The molecule has 1 aliphatic rings. The molecule has 4 aromatic carbocycles. The van der Waals surface area contributed by atoms with E-state index in [1.165, 1.54) is 14.2 Å². The van der Waals surface area contributed by atoms with Gasteiger partial charge >= 0.3 is 11.9 Å². The Kier molecular flexibility index (Phi) is 7.52. The quantitative estimate of drug-likeness (QED) is 0.217. The first-order chi connectivity index (χ1) is 19.5. The van der Waals surface area contributed by atoms with Gasteiger partial charge in [0.15, 0.2) is 0 Å². The SMILES string of the molecule is COc1ccccc1[C@@H]1C(C(=O)O)[C@@H](c2ccccc2OC)C1C(=O)Oc1ccccc1-c1ccc(C#N)cc1. The summed E-state index contributed by atoms with van der Waals surface area (Å²) in [6, 6.07) is 30.5. The molecule has 5 rings (SSSR count). The van der Waals surface area contributed by atoms with E-state index in [2.05, 4.69) is 6.07 Å². The fraction of sp³-hybridized carbons (Fsp3) is 0.182. The molecule has 0 aliphatic heterocycles. The average molecular weight is 534 g/mol. The average Bonchev–Trinajstić information content (AvgIpc) is 2.97. The van der Waals surface area contributed by atoms with Crippen molar-refractivity contribution in [2.75, 3.05) is 14.2 Å². The van der Waals surface area contributed by atoms with E-state index in [0.29, 0.717) is 39.5 Å². The molecule has 1 saturated carbocycles. The van der Waals surface area contributed by atoms with Crippen LogP contribution in [0.25, 0.3) is 11.1 Å². The molecule has 40 heavy (non-hydrogen) atoms. The van der Waals surface area contributed by atoms with E-state index >= 15 is 0 Å². The zero-order valence-electron chi connectivity index (χ0n) is 22.0. The van der Waals surface area contributed by atoms with E-state index in [1.807, 2.05) is 12.1 Å². The number of para-hydroxylation sites is 3. The van der Waals surface area contributed by atoms with Crippen molar-refractivity contribution in [2.24, 2.45) is 11.8 Å². The molecule has 1 fully saturated rings. The Hall–Kier alpha value is -5.09. The monoisotopic (exact) mass is 533 g/mol. The van der Waals surface area contributed by atoms with Gasteiger partial charge in [-0.2, -0.15) is 5.26 Å². The minimum atomic E-state index is -1.02. The summed E-state index contributed by atoms with van der Waals surface area (Å²) in [5.41, 5.74) is 3.24. The predicted molar refractivity (Wildman–Crippen MR) is 148 cm³/mol. The van der Waals surface area contributed by atoms with E-state index < -0.39 is 35.6 Å². The number of carbonyl (C=O) groups excluding carboxylic acids is 1. The standard InChI is InChI=1S/C33H27NO6/c1-38-25-12-6-4-10-23(25)28-30(32(35)36)29(24-11-5-7-13-26(24)39-2)31(28)33(37)40-27-14-8-3-9-22(27)21-17-15-20(19-34)16-18-21/h3-18,28-31H,1-2H3,(H,35,36)/t28-,29-,30?,31?/m1/s1. The molecule has 1 N–H and O–H groups in total. The fourth-order valence-corrected chi connectivity index (χ4v) is 5.70. The van der Waals surface area contributed by atoms with Crippen molar-refractivity contribution < 1.29 is 28.9 Å². The number of methoxy groups -OCH3 is 2. The highest BCUT2D eigenvalue weighted by Crippen LogP contribution is 2.60. The normalized spacial score (nSPS) is 19.5. The molecule has 0 saturated heterocycles. The van der Waals surface area contributed by atoms with Gasteiger partial charge in [0.1, 0.15) is 17.2 Å². The zero-order valence-corrected chi connectivity index (χ0v) is 22.0. The van der Waals surface area contributed by atoms with Gasteiger partial charge in [0.05, 0.1) is 37.7 Å². The summed E-state index contributed by atoms with van der Waals surface area (Å²) < 4.78 is 17.2. The lowest BCUT2D eigenvalue weighted by molar-refractivity contribution is -0.158. The lowest BCUT2D eigenvalue weighted by Crippen LogP contribution is -2.52. The van der Waals surface area contributed by atoms with Crippen LogP contribution in [0, 0.1) is 23.2 Å². The number of carboxylic acid groups (broad SMARTS) is 1. The minimum absolute atomic E-state index is 0.341. The number of hydrogen-bond donors (Lipinski definition) is 1. The number of rotatable bonds is 8.